The molecule has 2 N–H and O–H groups in total. The molecule has 0 aliphatic heterocycles. The maximum Gasteiger partial charge on any atom is 0.308 e. The van der Waals surface area contributed by atoms with E-state index in [1.54, 1.807) is 36.0 Å². The second-order valence-corrected chi connectivity index (χ2v) is 8.64. The van der Waals surface area contributed by atoms with E-state index in [0.29, 0.717) is 29.5 Å². The minimum atomic E-state index is -0.331. The normalized spacial score (nSPS) is 17.8. The molecule has 4 rings (SSSR count). The molecule has 1 fully saturated rings. The summed E-state index contributed by atoms with van der Waals surface area (Å²) < 4.78 is 4.85. The van der Waals surface area contributed by atoms with Crippen LogP contribution in [-0.4, -0.2) is 49.3 Å². The molecule has 1 amide bonds. The standard InChI is InChI=1S/C24H28N6O4/c1-15-10-19(12-21(26-15)23(32)25-13-17-4-3-5-20(31)11-17)22-27-29-30(28-22)14-16-6-8-18(9-7-16)24(33)34-2/h3-5,10-12,16,18,31H,6-9,13-14H2,1-2H3,(H,25,32)/t16-,18-. The molecule has 2 heterocycles. The summed E-state index contributed by atoms with van der Waals surface area (Å²) in [7, 11) is 1.43. The highest BCUT2D eigenvalue weighted by Crippen LogP contribution is 2.30. The Labute approximate surface area is 197 Å². The number of esters is 1. The van der Waals surface area contributed by atoms with Crippen LogP contribution in [-0.2, 0) is 22.6 Å². The zero-order valence-corrected chi connectivity index (χ0v) is 19.3. The predicted octanol–water partition coefficient (Wildman–Crippen LogP) is 2.66. The van der Waals surface area contributed by atoms with Crippen molar-refractivity contribution in [3.05, 3.63) is 53.3 Å². The molecule has 34 heavy (non-hydrogen) atoms. The summed E-state index contributed by atoms with van der Waals surface area (Å²) in [5.41, 5.74) is 2.37. The molecule has 0 saturated heterocycles. The summed E-state index contributed by atoms with van der Waals surface area (Å²) >= 11 is 0. The molecule has 1 saturated carbocycles. The van der Waals surface area contributed by atoms with Crippen LogP contribution in [0.2, 0.25) is 0 Å². The van der Waals surface area contributed by atoms with Crippen molar-refractivity contribution in [3.63, 3.8) is 0 Å². The Morgan fingerprint density at radius 3 is 2.71 bits per heavy atom. The van der Waals surface area contributed by atoms with Crippen LogP contribution in [0.1, 0.15) is 47.4 Å². The average Bonchev–Trinajstić information content (AvgIpc) is 3.30. The molecular weight excluding hydrogens is 436 g/mol. The van der Waals surface area contributed by atoms with E-state index >= 15 is 0 Å². The number of ether oxygens (including phenoxy) is 1. The zero-order valence-electron chi connectivity index (χ0n) is 19.3. The number of aryl methyl sites for hydroxylation is 1. The molecule has 0 radical (unpaired) electrons. The van der Waals surface area contributed by atoms with Gasteiger partial charge in [-0.2, -0.15) is 4.80 Å². The number of carbonyl (C=O) groups is 2. The molecule has 1 aromatic carbocycles. The van der Waals surface area contributed by atoms with E-state index in [4.69, 9.17) is 4.74 Å². The van der Waals surface area contributed by atoms with E-state index in [9.17, 15) is 14.7 Å². The highest BCUT2D eigenvalue weighted by molar-refractivity contribution is 5.93. The van der Waals surface area contributed by atoms with Crippen molar-refractivity contribution < 1.29 is 19.4 Å². The molecular formula is C24H28N6O4. The molecule has 2 aromatic heterocycles. The third-order valence-corrected chi connectivity index (χ3v) is 6.06. The van der Waals surface area contributed by atoms with E-state index in [-0.39, 0.29) is 35.8 Å². The monoisotopic (exact) mass is 464 g/mol. The fourth-order valence-electron chi connectivity index (χ4n) is 4.27. The van der Waals surface area contributed by atoms with Crippen molar-refractivity contribution in [1.29, 1.82) is 0 Å². The van der Waals surface area contributed by atoms with Crippen LogP contribution in [0.4, 0.5) is 0 Å². The molecule has 10 heteroatoms. The number of pyridine rings is 1. The van der Waals surface area contributed by atoms with E-state index in [2.05, 4.69) is 25.7 Å². The van der Waals surface area contributed by atoms with Crippen LogP contribution < -0.4 is 5.32 Å². The van der Waals surface area contributed by atoms with Gasteiger partial charge in [-0.3, -0.25) is 9.59 Å². The smallest absolute Gasteiger partial charge is 0.308 e. The second-order valence-electron chi connectivity index (χ2n) is 8.64. The lowest BCUT2D eigenvalue weighted by molar-refractivity contribution is -0.146. The Morgan fingerprint density at radius 1 is 1.18 bits per heavy atom. The van der Waals surface area contributed by atoms with Crippen molar-refractivity contribution >= 4 is 11.9 Å². The molecule has 3 aromatic rings. The lowest BCUT2D eigenvalue weighted by atomic mass is 9.82. The number of tetrazole rings is 1. The third-order valence-electron chi connectivity index (χ3n) is 6.06. The van der Waals surface area contributed by atoms with Crippen LogP contribution in [0.3, 0.4) is 0 Å². The highest BCUT2D eigenvalue weighted by atomic mass is 16.5. The molecule has 0 unspecified atom stereocenters. The number of nitrogens with one attached hydrogen (secondary N) is 1. The quantitative estimate of drug-likeness (QED) is 0.510. The van der Waals surface area contributed by atoms with Crippen LogP contribution >= 0.6 is 0 Å². The van der Waals surface area contributed by atoms with Crippen molar-refractivity contribution in [3.8, 4) is 17.1 Å². The van der Waals surface area contributed by atoms with Gasteiger partial charge in [0.05, 0.1) is 19.6 Å². The first-order valence-corrected chi connectivity index (χ1v) is 11.3. The molecule has 178 valence electrons. The largest absolute Gasteiger partial charge is 0.508 e. The van der Waals surface area contributed by atoms with Gasteiger partial charge in [0.15, 0.2) is 0 Å². The fraction of sp³-hybridized carbons (Fsp3) is 0.417. The lowest BCUT2D eigenvalue weighted by Crippen LogP contribution is -2.25. The average molecular weight is 465 g/mol. The molecule has 1 aliphatic rings. The number of phenols is 1. The van der Waals surface area contributed by atoms with Crippen LogP contribution in [0, 0.1) is 18.8 Å². The zero-order chi connectivity index (χ0) is 24.1. The van der Waals surface area contributed by atoms with Gasteiger partial charge in [0.2, 0.25) is 5.82 Å². The highest BCUT2D eigenvalue weighted by Gasteiger charge is 2.27. The van der Waals surface area contributed by atoms with Crippen LogP contribution in [0.5, 0.6) is 5.75 Å². The Kier molecular flexibility index (Phi) is 7.15. The van der Waals surface area contributed by atoms with Gasteiger partial charge >= 0.3 is 5.97 Å². The van der Waals surface area contributed by atoms with Gasteiger partial charge in [-0.15, -0.1) is 10.2 Å². The first-order chi connectivity index (χ1) is 16.4. The van der Waals surface area contributed by atoms with Crippen molar-refractivity contribution in [1.82, 2.24) is 30.5 Å². The molecule has 0 spiro atoms. The maximum absolute atomic E-state index is 12.7. The van der Waals surface area contributed by atoms with Crippen molar-refractivity contribution in [2.45, 2.75) is 45.7 Å². The van der Waals surface area contributed by atoms with Gasteiger partial charge in [-0.05, 0) is 73.6 Å². The third kappa shape index (κ3) is 5.75. The summed E-state index contributed by atoms with van der Waals surface area (Å²) in [6, 6.07) is 10.2. The molecule has 10 nitrogen and oxygen atoms in total. The number of nitrogens with zero attached hydrogens (tertiary/aromatic N) is 5. The molecule has 0 bridgehead atoms. The number of carbonyl (C=O) groups excluding carboxylic acids is 2. The molecule has 1 aliphatic carbocycles. The Balaban J connectivity index is 1.39. The number of rotatable bonds is 7. The number of benzene rings is 1. The second kappa shape index (κ2) is 10.4. The van der Waals surface area contributed by atoms with Crippen molar-refractivity contribution in [2.24, 2.45) is 11.8 Å². The lowest BCUT2D eigenvalue weighted by Gasteiger charge is -2.26. The number of methoxy groups -OCH3 is 1. The molecule has 0 atom stereocenters. The number of phenolic OH excluding ortho intramolecular Hbond substituents is 1. The fourth-order valence-corrected chi connectivity index (χ4v) is 4.27. The van der Waals surface area contributed by atoms with Gasteiger partial charge in [-0.1, -0.05) is 12.1 Å². The number of hydrogen-bond donors (Lipinski definition) is 2. The van der Waals surface area contributed by atoms with Crippen LogP contribution in [0.15, 0.2) is 36.4 Å². The van der Waals surface area contributed by atoms with E-state index in [0.717, 1.165) is 31.2 Å². The number of aromatic hydroxyl groups is 1. The summed E-state index contributed by atoms with van der Waals surface area (Å²) in [5, 5.41) is 25.3. The number of hydrogen-bond acceptors (Lipinski definition) is 8. The Morgan fingerprint density at radius 2 is 1.97 bits per heavy atom. The minimum absolute atomic E-state index is 0.0162. The Hall–Kier alpha value is -3.82. The van der Waals surface area contributed by atoms with Crippen LogP contribution in [0.25, 0.3) is 11.4 Å². The van der Waals surface area contributed by atoms with Gasteiger partial charge in [-0.25, -0.2) is 4.98 Å². The summed E-state index contributed by atoms with van der Waals surface area (Å²) in [5.74, 6) is 0.472. The summed E-state index contributed by atoms with van der Waals surface area (Å²) in [6.45, 7) is 2.70. The SMILES string of the molecule is COC(=O)[C@H]1CC[C@H](Cn2nnc(-c3cc(C)nc(C(=O)NCc4cccc(O)c4)c3)n2)CC1. The van der Waals surface area contributed by atoms with Gasteiger partial charge in [0, 0.05) is 17.8 Å². The van der Waals surface area contributed by atoms with Crippen molar-refractivity contribution in [2.75, 3.05) is 7.11 Å². The maximum atomic E-state index is 12.7. The number of aromatic nitrogens is 5. The first-order valence-electron chi connectivity index (χ1n) is 11.3. The van der Waals surface area contributed by atoms with E-state index in [1.165, 1.54) is 7.11 Å². The van der Waals surface area contributed by atoms with Gasteiger partial charge in [0.1, 0.15) is 11.4 Å². The topological polar surface area (TPSA) is 132 Å². The first kappa shape index (κ1) is 23.3. The predicted molar refractivity (Wildman–Crippen MR) is 123 cm³/mol. The van der Waals surface area contributed by atoms with E-state index in [1.807, 2.05) is 12.1 Å². The van der Waals surface area contributed by atoms with E-state index < -0.39 is 0 Å². The minimum Gasteiger partial charge on any atom is -0.508 e. The number of amides is 1. The summed E-state index contributed by atoms with van der Waals surface area (Å²) in [4.78, 5) is 30.3. The van der Waals surface area contributed by atoms with Gasteiger partial charge < -0.3 is 15.2 Å². The Bertz CT molecular complexity index is 1170. The van der Waals surface area contributed by atoms with Gasteiger partial charge in [0.25, 0.3) is 5.91 Å². The summed E-state index contributed by atoms with van der Waals surface area (Å²) in [6.07, 6.45) is 3.44.